The summed E-state index contributed by atoms with van der Waals surface area (Å²) in [5.74, 6) is 1.41. The van der Waals surface area contributed by atoms with Crippen LogP contribution in [0, 0.1) is 0 Å². The molecule has 1 atom stereocenters. The average molecular weight is 314 g/mol. The molecule has 0 aliphatic heterocycles. The molecule has 23 heavy (non-hydrogen) atoms. The first-order valence-corrected chi connectivity index (χ1v) is 7.43. The van der Waals surface area contributed by atoms with E-state index in [2.05, 4.69) is 11.9 Å². The van der Waals surface area contributed by atoms with E-state index in [-0.39, 0.29) is 11.9 Å². The Balaban J connectivity index is 1.94. The van der Waals surface area contributed by atoms with Crippen LogP contribution < -0.4 is 10.1 Å². The van der Waals surface area contributed by atoms with Crippen LogP contribution in [0.15, 0.2) is 59.7 Å². The molecule has 0 aliphatic carbocycles. The molecular formula is C18H22N2O3. The molecule has 1 aromatic heterocycles. The van der Waals surface area contributed by atoms with Crippen molar-refractivity contribution < 1.29 is 13.9 Å². The zero-order valence-corrected chi connectivity index (χ0v) is 13.5. The smallest absolute Gasteiger partial charge is 0.251 e. The van der Waals surface area contributed by atoms with Gasteiger partial charge in [-0.25, -0.2) is 0 Å². The molecule has 0 aliphatic rings. The van der Waals surface area contributed by atoms with E-state index < -0.39 is 0 Å². The van der Waals surface area contributed by atoms with Gasteiger partial charge in [-0.1, -0.05) is 12.7 Å². The molecule has 1 aromatic carbocycles. The normalized spacial score (nSPS) is 12.0. The van der Waals surface area contributed by atoms with Gasteiger partial charge < -0.3 is 14.5 Å². The first kappa shape index (κ1) is 16.8. The lowest BCUT2D eigenvalue weighted by Gasteiger charge is -2.22. The van der Waals surface area contributed by atoms with E-state index >= 15 is 0 Å². The van der Waals surface area contributed by atoms with Crippen LogP contribution in [-0.4, -0.2) is 38.1 Å². The van der Waals surface area contributed by atoms with Gasteiger partial charge in [0.15, 0.2) is 0 Å². The lowest BCUT2D eigenvalue weighted by molar-refractivity contribution is 0.0939. The summed E-state index contributed by atoms with van der Waals surface area (Å²) in [6, 6.07) is 10.8. The molecule has 0 unspecified atom stereocenters. The van der Waals surface area contributed by atoms with Crippen molar-refractivity contribution in [3.63, 3.8) is 0 Å². The summed E-state index contributed by atoms with van der Waals surface area (Å²) in [4.78, 5) is 14.3. The van der Waals surface area contributed by atoms with E-state index in [1.54, 1.807) is 36.6 Å². The SMILES string of the molecule is C=CCOc1ccc(C(=O)NC[C@H](c2ccco2)N(C)C)cc1. The van der Waals surface area contributed by atoms with Crippen molar-refractivity contribution in [1.29, 1.82) is 0 Å². The topological polar surface area (TPSA) is 54.7 Å². The van der Waals surface area contributed by atoms with E-state index in [0.717, 1.165) is 5.76 Å². The molecule has 1 N–H and O–H groups in total. The minimum absolute atomic E-state index is 0.0100. The molecule has 0 bridgehead atoms. The number of rotatable bonds is 8. The number of benzene rings is 1. The van der Waals surface area contributed by atoms with Gasteiger partial charge >= 0.3 is 0 Å². The number of likely N-dealkylation sites (N-methyl/N-ethyl adjacent to an activating group) is 1. The fourth-order valence-corrected chi connectivity index (χ4v) is 2.17. The Morgan fingerprint density at radius 1 is 1.35 bits per heavy atom. The van der Waals surface area contributed by atoms with Gasteiger partial charge in [0.2, 0.25) is 0 Å². The third-order valence-corrected chi connectivity index (χ3v) is 3.44. The molecular weight excluding hydrogens is 292 g/mol. The molecule has 0 saturated carbocycles. The number of carbonyl (C=O) groups is 1. The van der Waals surface area contributed by atoms with Crippen LogP contribution in [0.2, 0.25) is 0 Å². The zero-order chi connectivity index (χ0) is 16.7. The lowest BCUT2D eigenvalue weighted by atomic mass is 10.1. The van der Waals surface area contributed by atoms with E-state index in [9.17, 15) is 4.79 Å². The third kappa shape index (κ3) is 4.72. The second-order valence-corrected chi connectivity index (χ2v) is 5.33. The van der Waals surface area contributed by atoms with Crippen LogP contribution in [0.5, 0.6) is 5.75 Å². The highest BCUT2D eigenvalue weighted by Crippen LogP contribution is 2.18. The molecule has 5 heteroatoms. The van der Waals surface area contributed by atoms with Crippen molar-refractivity contribution in [1.82, 2.24) is 10.2 Å². The molecule has 122 valence electrons. The fourth-order valence-electron chi connectivity index (χ4n) is 2.17. The van der Waals surface area contributed by atoms with Crippen molar-refractivity contribution in [3.8, 4) is 5.75 Å². The number of ether oxygens (including phenoxy) is 1. The van der Waals surface area contributed by atoms with Gasteiger partial charge in [-0.2, -0.15) is 0 Å². The van der Waals surface area contributed by atoms with Crippen molar-refractivity contribution in [3.05, 3.63) is 66.6 Å². The van der Waals surface area contributed by atoms with E-state index in [4.69, 9.17) is 9.15 Å². The van der Waals surface area contributed by atoms with Crippen LogP contribution in [0.25, 0.3) is 0 Å². The number of furan rings is 1. The summed E-state index contributed by atoms with van der Waals surface area (Å²) >= 11 is 0. The Morgan fingerprint density at radius 3 is 2.65 bits per heavy atom. The van der Waals surface area contributed by atoms with Crippen molar-refractivity contribution in [2.75, 3.05) is 27.2 Å². The predicted octanol–water partition coefficient (Wildman–Crippen LogP) is 2.88. The summed E-state index contributed by atoms with van der Waals surface area (Å²) in [7, 11) is 3.90. The molecule has 2 rings (SSSR count). The van der Waals surface area contributed by atoms with E-state index in [1.807, 2.05) is 31.1 Å². The predicted molar refractivity (Wildman–Crippen MR) is 89.6 cm³/mol. The van der Waals surface area contributed by atoms with Gasteiger partial charge in [0.25, 0.3) is 5.91 Å². The van der Waals surface area contributed by atoms with Crippen LogP contribution in [0.4, 0.5) is 0 Å². The Bertz CT molecular complexity index is 618. The molecule has 1 heterocycles. The summed E-state index contributed by atoms with van der Waals surface area (Å²) < 4.78 is 10.8. The molecule has 1 amide bonds. The molecule has 0 radical (unpaired) electrons. The average Bonchev–Trinajstić information content (AvgIpc) is 3.07. The third-order valence-electron chi connectivity index (χ3n) is 3.44. The van der Waals surface area contributed by atoms with Gasteiger partial charge in [-0.05, 0) is 50.5 Å². The highest BCUT2D eigenvalue weighted by atomic mass is 16.5. The molecule has 2 aromatic rings. The largest absolute Gasteiger partial charge is 0.490 e. The molecule has 0 spiro atoms. The van der Waals surface area contributed by atoms with Gasteiger partial charge in [0, 0.05) is 12.1 Å². The standard InChI is InChI=1S/C18H22N2O3/c1-4-11-22-15-9-7-14(8-10-15)18(21)19-13-16(20(2)3)17-6-5-12-23-17/h4-10,12,16H,1,11,13H2,2-3H3,(H,19,21)/t16-/m1/s1. The Kier molecular flexibility index (Phi) is 6.00. The van der Waals surface area contributed by atoms with Crippen LogP contribution in [0.3, 0.4) is 0 Å². The van der Waals surface area contributed by atoms with Crippen molar-refractivity contribution >= 4 is 5.91 Å². The molecule has 0 fully saturated rings. The fraction of sp³-hybridized carbons (Fsp3) is 0.278. The summed E-state index contributed by atoms with van der Waals surface area (Å²) in [6.07, 6.45) is 3.31. The van der Waals surface area contributed by atoms with Gasteiger partial charge in [-0.3, -0.25) is 9.69 Å². The second-order valence-electron chi connectivity index (χ2n) is 5.33. The maximum atomic E-state index is 12.2. The number of amides is 1. The van der Waals surface area contributed by atoms with E-state index in [1.165, 1.54) is 0 Å². The maximum absolute atomic E-state index is 12.2. The number of nitrogens with zero attached hydrogens (tertiary/aromatic N) is 1. The Morgan fingerprint density at radius 2 is 2.09 bits per heavy atom. The van der Waals surface area contributed by atoms with Gasteiger partial charge in [0.1, 0.15) is 18.1 Å². The maximum Gasteiger partial charge on any atom is 0.251 e. The molecule has 0 saturated heterocycles. The van der Waals surface area contributed by atoms with Crippen LogP contribution in [-0.2, 0) is 0 Å². The summed E-state index contributed by atoms with van der Waals surface area (Å²) in [6.45, 7) is 4.51. The van der Waals surface area contributed by atoms with Crippen molar-refractivity contribution in [2.24, 2.45) is 0 Å². The monoisotopic (exact) mass is 314 g/mol. The van der Waals surface area contributed by atoms with Gasteiger partial charge in [-0.15, -0.1) is 0 Å². The van der Waals surface area contributed by atoms with Gasteiger partial charge in [0.05, 0.1) is 12.3 Å². The minimum atomic E-state index is -0.126. The first-order valence-electron chi connectivity index (χ1n) is 7.43. The second kappa shape index (κ2) is 8.19. The highest BCUT2D eigenvalue weighted by molar-refractivity contribution is 5.94. The number of nitrogens with one attached hydrogen (secondary N) is 1. The van der Waals surface area contributed by atoms with Crippen LogP contribution in [0.1, 0.15) is 22.2 Å². The summed E-state index contributed by atoms with van der Waals surface area (Å²) in [5, 5.41) is 2.93. The zero-order valence-electron chi connectivity index (χ0n) is 13.5. The van der Waals surface area contributed by atoms with Crippen LogP contribution >= 0.6 is 0 Å². The van der Waals surface area contributed by atoms with Crippen molar-refractivity contribution in [2.45, 2.75) is 6.04 Å². The Labute approximate surface area is 136 Å². The lowest BCUT2D eigenvalue weighted by Crippen LogP contribution is -2.34. The number of carbonyl (C=O) groups excluding carboxylic acids is 1. The highest BCUT2D eigenvalue weighted by Gasteiger charge is 2.18. The molecule has 5 nitrogen and oxygen atoms in total. The first-order chi connectivity index (χ1) is 11.1. The van der Waals surface area contributed by atoms with E-state index in [0.29, 0.717) is 24.5 Å². The number of hydrogen-bond acceptors (Lipinski definition) is 4. The summed E-state index contributed by atoms with van der Waals surface area (Å²) in [5.41, 5.74) is 0.591. The quantitative estimate of drug-likeness (QED) is 0.761. The Hall–Kier alpha value is -2.53. The number of hydrogen-bond donors (Lipinski definition) is 1. The minimum Gasteiger partial charge on any atom is -0.490 e.